The normalized spacial score (nSPS) is 19.3. The molecule has 2 aromatic carbocycles. The maximum Gasteiger partial charge on any atom is 0.317 e. The van der Waals surface area contributed by atoms with Crippen molar-refractivity contribution in [2.75, 3.05) is 51.3 Å². The number of amides is 2. The van der Waals surface area contributed by atoms with Crippen molar-refractivity contribution in [3.05, 3.63) is 59.7 Å². The first kappa shape index (κ1) is 24.9. The highest BCUT2D eigenvalue weighted by molar-refractivity contribution is 5.75. The molecule has 186 valence electrons. The van der Waals surface area contributed by atoms with Crippen molar-refractivity contribution in [3.8, 4) is 11.8 Å². The molecule has 0 radical (unpaired) electrons. The summed E-state index contributed by atoms with van der Waals surface area (Å²) in [5.74, 6) is 1.27. The van der Waals surface area contributed by atoms with Crippen LogP contribution >= 0.6 is 0 Å². The maximum atomic E-state index is 12.9. The summed E-state index contributed by atoms with van der Waals surface area (Å²) in [5, 5.41) is 12.4. The third-order valence-electron chi connectivity index (χ3n) is 7.34. The van der Waals surface area contributed by atoms with E-state index in [-0.39, 0.29) is 12.1 Å². The van der Waals surface area contributed by atoms with E-state index in [1.807, 2.05) is 17.0 Å². The Morgan fingerprint density at radius 3 is 2.57 bits per heavy atom. The first-order valence-electron chi connectivity index (χ1n) is 12.7. The van der Waals surface area contributed by atoms with Crippen LogP contribution < -0.4 is 15.0 Å². The van der Waals surface area contributed by atoms with Crippen LogP contribution in [0, 0.1) is 17.2 Å². The average Bonchev–Trinajstić information content (AvgIpc) is 2.89. The van der Waals surface area contributed by atoms with Gasteiger partial charge in [0.25, 0.3) is 0 Å². The number of anilines is 1. The molecular formula is C28H37N5O2. The lowest BCUT2D eigenvalue weighted by atomic mass is 9.93. The second-order valence-corrected chi connectivity index (χ2v) is 9.71. The number of hydrogen-bond acceptors (Lipinski definition) is 5. The van der Waals surface area contributed by atoms with Crippen LogP contribution in [-0.2, 0) is 6.54 Å². The predicted octanol–water partition coefficient (Wildman–Crippen LogP) is 4.09. The third kappa shape index (κ3) is 6.46. The standard InChI is InChI=1S/C28H37N5O2/c1-22-20-32(26-9-8-25(19-29)27(18-26)35-2)16-17-33(22)28(34)30-13-10-23-11-14-31(15-12-23)21-24-6-4-3-5-7-24/h3-9,18,22-23H,10-17,20-21H2,1-2H3,(H,30,34)/t22-/m1/s1. The number of carbonyl (C=O) groups excluding carboxylic acids is 1. The van der Waals surface area contributed by atoms with E-state index in [1.165, 1.54) is 18.4 Å². The lowest BCUT2D eigenvalue weighted by Crippen LogP contribution is -2.56. The number of urea groups is 1. The van der Waals surface area contributed by atoms with Crippen LogP contribution in [0.5, 0.6) is 5.75 Å². The number of methoxy groups -OCH3 is 1. The van der Waals surface area contributed by atoms with E-state index >= 15 is 0 Å². The molecule has 0 unspecified atom stereocenters. The topological polar surface area (TPSA) is 71.8 Å². The van der Waals surface area contributed by atoms with Gasteiger partial charge in [-0.2, -0.15) is 5.26 Å². The Hall–Kier alpha value is -3.24. The highest BCUT2D eigenvalue weighted by Crippen LogP contribution is 2.27. The highest BCUT2D eigenvalue weighted by Gasteiger charge is 2.28. The molecule has 2 aliphatic rings. The van der Waals surface area contributed by atoms with Gasteiger partial charge in [-0.25, -0.2) is 4.79 Å². The van der Waals surface area contributed by atoms with Crippen LogP contribution in [-0.4, -0.2) is 68.3 Å². The maximum absolute atomic E-state index is 12.9. The van der Waals surface area contributed by atoms with E-state index in [0.717, 1.165) is 51.4 Å². The van der Waals surface area contributed by atoms with Crippen LogP contribution in [0.2, 0.25) is 0 Å². The molecule has 7 heteroatoms. The number of rotatable bonds is 7. The molecule has 0 bridgehead atoms. The van der Waals surface area contributed by atoms with Crippen molar-refractivity contribution in [1.82, 2.24) is 15.1 Å². The Kier molecular flexibility index (Phi) is 8.49. The average molecular weight is 476 g/mol. The SMILES string of the molecule is COc1cc(N2CCN(C(=O)NCCC3CCN(Cc4ccccc4)CC3)[C@H](C)C2)ccc1C#N. The van der Waals surface area contributed by atoms with Crippen molar-refractivity contribution in [2.24, 2.45) is 5.92 Å². The number of nitrogens with zero attached hydrogens (tertiary/aromatic N) is 4. The third-order valence-corrected chi connectivity index (χ3v) is 7.34. The Labute approximate surface area is 209 Å². The fourth-order valence-electron chi connectivity index (χ4n) is 5.22. The van der Waals surface area contributed by atoms with Crippen molar-refractivity contribution in [3.63, 3.8) is 0 Å². The molecule has 2 heterocycles. The molecule has 0 spiro atoms. The van der Waals surface area contributed by atoms with Crippen LogP contribution in [0.4, 0.5) is 10.5 Å². The molecular weight excluding hydrogens is 438 g/mol. The highest BCUT2D eigenvalue weighted by atomic mass is 16.5. The second kappa shape index (κ2) is 11.9. The number of piperazine rings is 1. The monoisotopic (exact) mass is 475 g/mol. The Bertz CT molecular complexity index is 1010. The van der Waals surface area contributed by atoms with Crippen molar-refractivity contribution in [1.29, 1.82) is 5.26 Å². The summed E-state index contributed by atoms with van der Waals surface area (Å²) in [6, 6.07) is 18.6. The van der Waals surface area contributed by atoms with E-state index in [4.69, 9.17) is 4.74 Å². The van der Waals surface area contributed by atoms with Gasteiger partial charge in [0.05, 0.1) is 12.7 Å². The van der Waals surface area contributed by atoms with E-state index in [1.54, 1.807) is 13.2 Å². The number of likely N-dealkylation sites (tertiary alicyclic amines) is 1. The largest absolute Gasteiger partial charge is 0.495 e. The summed E-state index contributed by atoms with van der Waals surface area (Å²) in [5.41, 5.74) is 2.93. The summed E-state index contributed by atoms with van der Waals surface area (Å²) < 4.78 is 5.35. The van der Waals surface area contributed by atoms with Crippen LogP contribution in [0.15, 0.2) is 48.5 Å². The summed E-state index contributed by atoms with van der Waals surface area (Å²) in [6.07, 6.45) is 3.45. The van der Waals surface area contributed by atoms with Crippen molar-refractivity contribution in [2.45, 2.75) is 38.8 Å². The Morgan fingerprint density at radius 2 is 1.89 bits per heavy atom. The van der Waals surface area contributed by atoms with Gasteiger partial charge in [0.2, 0.25) is 0 Å². The van der Waals surface area contributed by atoms with Gasteiger partial charge in [0.15, 0.2) is 0 Å². The zero-order valence-corrected chi connectivity index (χ0v) is 20.9. The number of nitriles is 1. The van der Waals surface area contributed by atoms with E-state index in [9.17, 15) is 10.1 Å². The van der Waals surface area contributed by atoms with Gasteiger partial charge in [-0.05, 0) is 62.9 Å². The molecule has 2 saturated heterocycles. The number of ether oxygens (including phenoxy) is 1. The fraction of sp³-hybridized carbons (Fsp3) is 0.500. The Morgan fingerprint density at radius 1 is 1.11 bits per heavy atom. The van der Waals surface area contributed by atoms with Gasteiger partial charge in [-0.15, -0.1) is 0 Å². The predicted molar refractivity (Wildman–Crippen MR) is 139 cm³/mol. The van der Waals surface area contributed by atoms with Crippen LogP contribution in [0.3, 0.4) is 0 Å². The number of carbonyl (C=O) groups is 1. The quantitative estimate of drug-likeness (QED) is 0.653. The number of nitrogens with one attached hydrogen (secondary N) is 1. The lowest BCUT2D eigenvalue weighted by Gasteiger charge is -2.41. The minimum Gasteiger partial charge on any atom is -0.495 e. The molecule has 4 rings (SSSR count). The van der Waals surface area contributed by atoms with Gasteiger partial charge in [-0.1, -0.05) is 30.3 Å². The number of hydrogen-bond donors (Lipinski definition) is 1. The summed E-state index contributed by atoms with van der Waals surface area (Å²) in [6.45, 7) is 8.31. The van der Waals surface area contributed by atoms with Gasteiger partial charge in [0.1, 0.15) is 11.8 Å². The van der Waals surface area contributed by atoms with Gasteiger partial charge < -0.3 is 19.9 Å². The molecule has 0 aromatic heterocycles. The van der Waals surface area contributed by atoms with Gasteiger partial charge >= 0.3 is 6.03 Å². The van der Waals surface area contributed by atoms with Crippen LogP contribution in [0.25, 0.3) is 0 Å². The molecule has 2 aliphatic heterocycles. The summed E-state index contributed by atoms with van der Waals surface area (Å²) in [4.78, 5) is 19.6. The first-order chi connectivity index (χ1) is 17.1. The smallest absolute Gasteiger partial charge is 0.317 e. The first-order valence-corrected chi connectivity index (χ1v) is 12.7. The molecule has 1 atom stereocenters. The Balaban J connectivity index is 1.18. The minimum absolute atomic E-state index is 0.0380. The summed E-state index contributed by atoms with van der Waals surface area (Å²) in [7, 11) is 1.58. The zero-order valence-electron chi connectivity index (χ0n) is 20.9. The molecule has 35 heavy (non-hydrogen) atoms. The second-order valence-electron chi connectivity index (χ2n) is 9.71. The van der Waals surface area contributed by atoms with Crippen LogP contribution in [0.1, 0.15) is 37.3 Å². The molecule has 1 N–H and O–H groups in total. The molecule has 0 saturated carbocycles. The van der Waals surface area contributed by atoms with Gasteiger partial charge in [0, 0.05) is 50.5 Å². The lowest BCUT2D eigenvalue weighted by molar-refractivity contribution is 0.162. The van der Waals surface area contributed by atoms with E-state index in [2.05, 4.69) is 58.4 Å². The number of benzene rings is 2. The molecule has 2 amide bonds. The molecule has 2 fully saturated rings. The van der Waals surface area contributed by atoms with Crippen molar-refractivity contribution >= 4 is 11.7 Å². The number of piperidine rings is 1. The fourth-order valence-corrected chi connectivity index (χ4v) is 5.22. The summed E-state index contributed by atoms with van der Waals surface area (Å²) >= 11 is 0. The van der Waals surface area contributed by atoms with E-state index in [0.29, 0.717) is 23.8 Å². The molecule has 2 aromatic rings. The zero-order chi connectivity index (χ0) is 24.6. The van der Waals surface area contributed by atoms with E-state index < -0.39 is 0 Å². The van der Waals surface area contributed by atoms with Crippen molar-refractivity contribution < 1.29 is 9.53 Å². The molecule has 7 nitrogen and oxygen atoms in total. The minimum atomic E-state index is 0.0380. The van der Waals surface area contributed by atoms with Gasteiger partial charge in [-0.3, -0.25) is 4.90 Å². The molecule has 0 aliphatic carbocycles.